The molecule has 1 N–H and O–H groups in total. The first-order valence-electron chi connectivity index (χ1n) is 10.3. The maximum atomic E-state index is 11.6. The van der Waals surface area contributed by atoms with E-state index in [9.17, 15) is 20.0 Å². The quantitative estimate of drug-likeness (QED) is 0.443. The van der Waals surface area contributed by atoms with E-state index in [4.69, 9.17) is 0 Å². The third-order valence-corrected chi connectivity index (χ3v) is 5.89. The average molecular weight is 416 g/mol. The van der Waals surface area contributed by atoms with Crippen LogP contribution in [-0.4, -0.2) is 27.4 Å². The molecule has 1 aliphatic rings. The number of carboxylic acids is 1. The molecule has 1 aliphatic heterocycles. The summed E-state index contributed by atoms with van der Waals surface area (Å²) in [6, 6.07) is 22.7. The molecule has 0 radical (unpaired) electrons. The van der Waals surface area contributed by atoms with Gasteiger partial charge in [-0.3, -0.25) is 19.8 Å². The van der Waals surface area contributed by atoms with Gasteiger partial charge in [-0.25, -0.2) is 0 Å². The number of non-ortho nitro benzene ring substituents is 1. The van der Waals surface area contributed by atoms with Gasteiger partial charge in [-0.1, -0.05) is 60.7 Å². The van der Waals surface area contributed by atoms with Crippen LogP contribution >= 0.6 is 0 Å². The highest BCUT2D eigenvalue weighted by Gasteiger charge is 2.25. The van der Waals surface area contributed by atoms with E-state index in [0.717, 1.165) is 42.7 Å². The number of carbonyl (C=O) groups is 1. The molecule has 1 heterocycles. The van der Waals surface area contributed by atoms with Gasteiger partial charge in [0.05, 0.1) is 11.3 Å². The van der Waals surface area contributed by atoms with E-state index in [1.807, 2.05) is 48.5 Å². The van der Waals surface area contributed by atoms with Crippen LogP contribution in [0.3, 0.4) is 0 Å². The van der Waals surface area contributed by atoms with Crippen LogP contribution in [0.4, 0.5) is 5.69 Å². The first kappa shape index (κ1) is 20.8. The van der Waals surface area contributed by atoms with Crippen molar-refractivity contribution < 1.29 is 14.8 Å². The number of aliphatic carboxylic acids is 1. The summed E-state index contributed by atoms with van der Waals surface area (Å²) in [5.74, 6) is -0.975. The summed E-state index contributed by atoms with van der Waals surface area (Å²) in [6.07, 6.45) is 0.911. The Morgan fingerprint density at radius 3 is 2.45 bits per heavy atom. The average Bonchev–Trinajstić information content (AvgIpc) is 2.78. The first-order chi connectivity index (χ1) is 15.0. The van der Waals surface area contributed by atoms with Gasteiger partial charge < -0.3 is 5.11 Å². The van der Waals surface area contributed by atoms with Crippen molar-refractivity contribution in [1.29, 1.82) is 0 Å². The molecule has 0 saturated carbocycles. The van der Waals surface area contributed by atoms with Crippen LogP contribution in [0, 0.1) is 10.1 Å². The Balaban J connectivity index is 1.56. The van der Waals surface area contributed by atoms with E-state index >= 15 is 0 Å². The number of carboxylic acid groups (broad SMARTS) is 1. The maximum Gasteiger partial charge on any atom is 0.304 e. The van der Waals surface area contributed by atoms with Crippen molar-refractivity contribution in [3.8, 4) is 0 Å². The number of nitro groups is 1. The van der Waals surface area contributed by atoms with Crippen LogP contribution < -0.4 is 0 Å². The number of fused-ring (bicyclic) bond motifs is 1. The third-order valence-electron chi connectivity index (χ3n) is 5.89. The lowest BCUT2D eigenvalue weighted by atomic mass is 9.82. The zero-order valence-corrected chi connectivity index (χ0v) is 17.1. The Bertz CT molecular complexity index is 1080. The number of hydrogen-bond acceptors (Lipinski definition) is 4. The van der Waals surface area contributed by atoms with Gasteiger partial charge in [0.15, 0.2) is 0 Å². The zero-order chi connectivity index (χ0) is 21.8. The predicted octanol–water partition coefficient (Wildman–Crippen LogP) is 4.76. The van der Waals surface area contributed by atoms with E-state index in [0.29, 0.717) is 0 Å². The monoisotopic (exact) mass is 416 g/mol. The molecular weight excluding hydrogens is 392 g/mol. The molecule has 3 aromatic rings. The van der Waals surface area contributed by atoms with Gasteiger partial charge in [0.2, 0.25) is 0 Å². The molecule has 0 fully saturated rings. The second-order valence-corrected chi connectivity index (χ2v) is 7.93. The molecule has 4 rings (SSSR count). The molecule has 0 saturated heterocycles. The van der Waals surface area contributed by atoms with E-state index in [1.54, 1.807) is 12.1 Å². The number of hydrogen-bond donors (Lipinski definition) is 1. The Hall–Kier alpha value is -3.51. The van der Waals surface area contributed by atoms with Crippen molar-refractivity contribution in [3.63, 3.8) is 0 Å². The van der Waals surface area contributed by atoms with Crippen molar-refractivity contribution in [3.05, 3.63) is 111 Å². The molecule has 0 spiro atoms. The largest absolute Gasteiger partial charge is 0.481 e. The van der Waals surface area contributed by atoms with Crippen LogP contribution in [0.5, 0.6) is 0 Å². The van der Waals surface area contributed by atoms with Gasteiger partial charge in [0, 0.05) is 37.7 Å². The smallest absolute Gasteiger partial charge is 0.304 e. The first-order valence-corrected chi connectivity index (χ1v) is 10.3. The molecular formula is C25H24N2O4. The minimum atomic E-state index is -0.804. The molecule has 1 unspecified atom stereocenters. The SMILES string of the molecule is O=C(O)CC(c1ccccc1)c1cccc2c1CCN(Cc1ccc([N+](=O)[O-])cc1)C2. The summed E-state index contributed by atoms with van der Waals surface area (Å²) in [4.78, 5) is 24.4. The van der Waals surface area contributed by atoms with Crippen molar-refractivity contribution in [2.45, 2.75) is 31.8 Å². The minimum Gasteiger partial charge on any atom is -0.481 e. The fraction of sp³-hybridized carbons (Fsp3) is 0.240. The van der Waals surface area contributed by atoms with Crippen LogP contribution in [0.1, 0.15) is 40.2 Å². The summed E-state index contributed by atoms with van der Waals surface area (Å²) in [7, 11) is 0. The number of benzene rings is 3. The maximum absolute atomic E-state index is 11.6. The van der Waals surface area contributed by atoms with Crippen molar-refractivity contribution >= 4 is 11.7 Å². The van der Waals surface area contributed by atoms with Crippen LogP contribution in [0.2, 0.25) is 0 Å². The molecule has 0 aliphatic carbocycles. The Morgan fingerprint density at radius 1 is 1.03 bits per heavy atom. The molecule has 1 atom stereocenters. The molecule has 0 aromatic heterocycles. The van der Waals surface area contributed by atoms with E-state index in [1.165, 1.54) is 11.1 Å². The van der Waals surface area contributed by atoms with Gasteiger partial charge in [-0.15, -0.1) is 0 Å². The van der Waals surface area contributed by atoms with Gasteiger partial charge in [0.25, 0.3) is 5.69 Å². The van der Waals surface area contributed by atoms with Crippen molar-refractivity contribution in [2.24, 2.45) is 0 Å². The second kappa shape index (κ2) is 9.10. The molecule has 0 amide bonds. The molecule has 6 heteroatoms. The highest BCUT2D eigenvalue weighted by atomic mass is 16.6. The van der Waals surface area contributed by atoms with Gasteiger partial charge >= 0.3 is 5.97 Å². The van der Waals surface area contributed by atoms with Crippen LogP contribution in [0.25, 0.3) is 0 Å². The summed E-state index contributed by atoms with van der Waals surface area (Å²) in [6.45, 7) is 2.35. The summed E-state index contributed by atoms with van der Waals surface area (Å²) in [5.41, 5.74) is 5.73. The standard InChI is InChI=1S/C25H24N2O4/c28-25(29)15-24(19-5-2-1-3-6-19)23-8-4-7-20-17-26(14-13-22(20)23)16-18-9-11-21(12-10-18)27(30)31/h1-12,24H,13-17H2,(H,28,29). The Kier molecular flexibility index (Phi) is 6.09. The van der Waals surface area contributed by atoms with Gasteiger partial charge in [-0.05, 0) is 34.2 Å². The molecule has 0 bridgehead atoms. The lowest BCUT2D eigenvalue weighted by Crippen LogP contribution is -2.31. The highest BCUT2D eigenvalue weighted by molar-refractivity contribution is 5.69. The molecule has 6 nitrogen and oxygen atoms in total. The molecule has 31 heavy (non-hydrogen) atoms. The lowest BCUT2D eigenvalue weighted by Gasteiger charge is -2.32. The van der Waals surface area contributed by atoms with E-state index in [-0.39, 0.29) is 22.9 Å². The topological polar surface area (TPSA) is 83.7 Å². The van der Waals surface area contributed by atoms with E-state index in [2.05, 4.69) is 17.0 Å². The number of rotatable bonds is 7. The minimum absolute atomic E-state index is 0.0625. The number of nitrogens with zero attached hydrogens (tertiary/aromatic N) is 2. The number of nitro benzene ring substituents is 1. The third kappa shape index (κ3) is 4.81. The molecule has 3 aromatic carbocycles. The van der Waals surface area contributed by atoms with Gasteiger partial charge in [-0.2, -0.15) is 0 Å². The fourth-order valence-electron chi connectivity index (χ4n) is 4.41. The zero-order valence-electron chi connectivity index (χ0n) is 17.1. The predicted molar refractivity (Wildman–Crippen MR) is 118 cm³/mol. The second-order valence-electron chi connectivity index (χ2n) is 7.93. The Morgan fingerprint density at radius 2 is 1.77 bits per heavy atom. The van der Waals surface area contributed by atoms with Crippen LogP contribution in [0.15, 0.2) is 72.8 Å². The Labute approximate surface area is 180 Å². The van der Waals surface area contributed by atoms with Gasteiger partial charge in [0.1, 0.15) is 0 Å². The normalized spacial score (nSPS) is 14.6. The highest BCUT2D eigenvalue weighted by Crippen LogP contribution is 2.34. The lowest BCUT2D eigenvalue weighted by molar-refractivity contribution is -0.384. The van der Waals surface area contributed by atoms with E-state index < -0.39 is 5.97 Å². The summed E-state index contributed by atoms with van der Waals surface area (Å²) < 4.78 is 0. The van der Waals surface area contributed by atoms with Crippen molar-refractivity contribution in [2.75, 3.05) is 6.54 Å². The fourth-order valence-corrected chi connectivity index (χ4v) is 4.41. The summed E-state index contributed by atoms with van der Waals surface area (Å²) >= 11 is 0. The summed E-state index contributed by atoms with van der Waals surface area (Å²) in [5, 5.41) is 20.4. The van der Waals surface area contributed by atoms with Crippen molar-refractivity contribution in [1.82, 2.24) is 4.90 Å². The molecule has 158 valence electrons. The van der Waals surface area contributed by atoms with Crippen LogP contribution in [-0.2, 0) is 24.3 Å².